The zero-order valence-electron chi connectivity index (χ0n) is 14.5. The number of rotatable bonds is 3. The molecule has 1 aromatic heterocycles. The Balaban J connectivity index is 1.75. The lowest BCUT2D eigenvalue weighted by molar-refractivity contribution is -0.122. The van der Waals surface area contributed by atoms with Crippen molar-refractivity contribution >= 4 is 17.3 Å². The van der Waals surface area contributed by atoms with Crippen LogP contribution in [0.1, 0.15) is 52.4 Å². The van der Waals surface area contributed by atoms with Crippen LogP contribution in [0.3, 0.4) is 0 Å². The summed E-state index contributed by atoms with van der Waals surface area (Å²) in [5, 5.41) is 10.2. The highest BCUT2D eigenvalue weighted by molar-refractivity contribution is 5.98. The second-order valence-corrected chi connectivity index (χ2v) is 7.03. The Labute approximate surface area is 140 Å². The lowest BCUT2D eigenvalue weighted by atomic mass is 9.96. The molecular weight excluding hydrogens is 308 g/mol. The third kappa shape index (κ3) is 3.20. The summed E-state index contributed by atoms with van der Waals surface area (Å²) in [5.41, 5.74) is 1.32. The number of anilines is 2. The summed E-state index contributed by atoms with van der Waals surface area (Å²) in [4.78, 5) is 16.2. The molecule has 2 aromatic rings. The lowest BCUT2D eigenvalue weighted by Crippen LogP contribution is -2.34. The van der Waals surface area contributed by atoms with E-state index in [1.807, 2.05) is 45.9 Å². The van der Waals surface area contributed by atoms with Crippen molar-refractivity contribution in [2.45, 2.75) is 52.2 Å². The molecule has 0 aliphatic carbocycles. The van der Waals surface area contributed by atoms with Crippen molar-refractivity contribution in [3.63, 3.8) is 0 Å². The van der Waals surface area contributed by atoms with Crippen molar-refractivity contribution in [3.8, 4) is 5.75 Å². The van der Waals surface area contributed by atoms with E-state index in [9.17, 15) is 4.79 Å². The zero-order valence-corrected chi connectivity index (χ0v) is 14.5. The van der Waals surface area contributed by atoms with Gasteiger partial charge in [0.05, 0.1) is 5.69 Å². The number of fused-ring (bicyclic) bond motifs is 1. The van der Waals surface area contributed by atoms with Crippen LogP contribution in [0, 0.1) is 0 Å². The molecule has 3 rings (SSSR count). The van der Waals surface area contributed by atoms with Crippen molar-refractivity contribution in [1.82, 2.24) is 10.1 Å². The number of ether oxygens (including phenoxy) is 1. The van der Waals surface area contributed by atoms with E-state index in [4.69, 9.17) is 9.26 Å². The summed E-state index contributed by atoms with van der Waals surface area (Å²) < 4.78 is 10.9. The van der Waals surface area contributed by atoms with Gasteiger partial charge in [-0.25, -0.2) is 0 Å². The van der Waals surface area contributed by atoms with Crippen LogP contribution < -0.4 is 15.4 Å². The third-order valence-corrected chi connectivity index (χ3v) is 3.78. The standard InChI is InChI=1S/C17H22N4O3/c1-9(15-20-16(21-24-15)17(3,4)5)18-11-6-7-13-12(8-11)19-14(22)10(2)23-13/h6-10,18H,1-5H3,(H,19,22)/t9-,10-/m1/s1. The maximum Gasteiger partial charge on any atom is 0.265 e. The van der Waals surface area contributed by atoms with E-state index in [-0.39, 0.29) is 17.4 Å². The van der Waals surface area contributed by atoms with Gasteiger partial charge in [-0.2, -0.15) is 4.98 Å². The van der Waals surface area contributed by atoms with E-state index in [1.54, 1.807) is 6.92 Å². The fourth-order valence-electron chi connectivity index (χ4n) is 2.33. The molecule has 0 saturated carbocycles. The molecule has 1 aliphatic rings. The van der Waals surface area contributed by atoms with Crippen molar-refractivity contribution < 1.29 is 14.1 Å². The first kappa shape index (κ1) is 16.3. The van der Waals surface area contributed by atoms with Crippen LogP contribution in [-0.4, -0.2) is 22.2 Å². The van der Waals surface area contributed by atoms with Crippen LogP contribution in [0.25, 0.3) is 0 Å². The van der Waals surface area contributed by atoms with Crippen molar-refractivity contribution in [2.75, 3.05) is 10.6 Å². The van der Waals surface area contributed by atoms with Gasteiger partial charge in [0.25, 0.3) is 5.91 Å². The highest BCUT2D eigenvalue weighted by Gasteiger charge is 2.25. The first-order valence-electron chi connectivity index (χ1n) is 7.96. The van der Waals surface area contributed by atoms with Gasteiger partial charge < -0.3 is 19.9 Å². The van der Waals surface area contributed by atoms with Crippen LogP contribution in [0.5, 0.6) is 5.75 Å². The fraction of sp³-hybridized carbons (Fsp3) is 0.471. The Morgan fingerprint density at radius 1 is 1.33 bits per heavy atom. The predicted octanol–water partition coefficient (Wildman–Crippen LogP) is 3.26. The number of aromatic nitrogens is 2. The molecule has 2 heterocycles. The Kier molecular flexibility index (Phi) is 3.95. The SMILES string of the molecule is C[C@H]1Oc2ccc(N[C@H](C)c3nc(C(C)(C)C)no3)cc2NC1=O. The molecule has 1 amide bonds. The lowest BCUT2D eigenvalue weighted by Gasteiger charge is -2.24. The van der Waals surface area contributed by atoms with Crippen molar-refractivity contribution in [3.05, 3.63) is 29.9 Å². The number of nitrogens with zero attached hydrogens (tertiary/aromatic N) is 2. The number of hydrogen-bond acceptors (Lipinski definition) is 6. The largest absolute Gasteiger partial charge is 0.479 e. The van der Waals surface area contributed by atoms with Crippen LogP contribution in [0.4, 0.5) is 11.4 Å². The highest BCUT2D eigenvalue weighted by atomic mass is 16.5. The summed E-state index contributed by atoms with van der Waals surface area (Å²) in [6.45, 7) is 9.76. The molecule has 0 unspecified atom stereocenters. The molecule has 7 nitrogen and oxygen atoms in total. The van der Waals surface area contributed by atoms with Gasteiger partial charge in [0, 0.05) is 11.1 Å². The molecule has 0 saturated heterocycles. The van der Waals surface area contributed by atoms with E-state index >= 15 is 0 Å². The van der Waals surface area contributed by atoms with E-state index in [0.29, 0.717) is 23.2 Å². The number of carbonyl (C=O) groups excluding carboxylic acids is 1. The molecule has 24 heavy (non-hydrogen) atoms. The van der Waals surface area contributed by atoms with Crippen LogP contribution in [0.15, 0.2) is 22.7 Å². The van der Waals surface area contributed by atoms with Gasteiger partial charge in [0.2, 0.25) is 5.89 Å². The zero-order chi connectivity index (χ0) is 17.5. The Morgan fingerprint density at radius 3 is 2.75 bits per heavy atom. The number of benzene rings is 1. The van der Waals surface area contributed by atoms with Crippen molar-refractivity contribution in [1.29, 1.82) is 0 Å². The molecule has 0 bridgehead atoms. The monoisotopic (exact) mass is 330 g/mol. The second-order valence-electron chi connectivity index (χ2n) is 7.03. The predicted molar refractivity (Wildman–Crippen MR) is 90.2 cm³/mol. The van der Waals surface area contributed by atoms with Gasteiger partial charge in [-0.05, 0) is 32.0 Å². The summed E-state index contributed by atoms with van der Waals surface area (Å²) >= 11 is 0. The molecule has 1 aromatic carbocycles. The minimum atomic E-state index is -0.482. The van der Waals surface area contributed by atoms with Gasteiger partial charge in [-0.15, -0.1) is 0 Å². The van der Waals surface area contributed by atoms with E-state index in [2.05, 4.69) is 20.8 Å². The maximum absolute atomic E-state index is 11.7. The molecular formula is C17H22N4O3. The van der Waals surface area contributed by atoms with E-state index in [0.717, 1.165) is 5.69 Å². The fourth-order valence-corrected chi connectivity index (χ4v) is 2.33. The smallest absolute Gasteiger partial charge is 0.265 e. The van der Waals surface area contributed by atoms with Gasteiger partial charge in [-0.1, -0.05) is 25.9 Å². The maximum atomic E-state index is 11.7. The molecule has 2 atom stereocenters. The second kappa shape index (κ2) is 5.81. The van der Waals surface area contributed by atoms with E-state index in [1.165, 1.54) is 0 Å². The minimum Gasteiger partial charge on any atom is -0.479 e. The van der Waals surface area contributed by atoms with E-state index < -0.39 is 6.10 Å². The van der Waals surface area contributed by atoms with Crippen LogP contribution in [0.2, 0.25) is 0 Å². The molecule has 0 spiro atoms. The van der Waals surface area contributed by atoms with Gasteiger partial charge in [-0.3, -0.25) is 4.79 Å². The first-order chi connectivity index (χ1) is 11.2. The van der Waals surface area contributed by atoms with Gasteiger partial charge in [0.1, 0.15) is 11.8 Å². The average molecular weight is 330 g/mol. The summed E-state index contributed by atoms with van der Waals surface area (Å²) in [5.74, 6) is 1.70. The minimum absolute atomic E-state index is 0.153. The van der Waals surface area contributed by atoms with Crippen molar-refractivity contribution in [2.24, 2.45) is 0 Å². The van der Waals surface area contributed by atoms with Crippen LogP contribution in [-0.2, 0) is 10.2 Å². The number of hydrogen-bond donors (Lipinski definition) is 2. The quantitative estimate of drug-likeness (QED) is 0.898. The summed E-state index contributed by atoms with van der Waals surface area (Å²) in [6, 6.07) is 5.39. The Hall–Kier alpha value is -2.57. The molecule has 0 fully saturated rings. The van der Waals surface area contributed by atoms with Gasteiger partial charge >= 0.3 is 0 Å². The number of carbonyl (C=O) groups is 1. The normalized spacial score (nSPS) is 18.4. The highest BCUT2D eigenvalue weighted by Crippen LogP contribution is 2.33. The number of amides is 1. The summed E-state index contributed by atoms with van der Waals surface area (Å²) in [7, 11) is 0. The third-order valence-electron chi connectivity index (χ3n) is 3.78. The topological polar surface area (TPSA) is 89.3 Å². The Bertz CT molecular complexity index is 763. The van der Waals surface area contributed by atoms with Gasteiger partial charge in [0.15, 0.2) is 11.9 Å². The molecule has 2 N–H and O–H groups in total. The average Bonchev–Trinajstić information content (AvgIpc) is 2.99. The molecule has 0 radical (unpaired) electrons. The number of nitrogens with one attached hydrogen (secondary N) is 2. The Morgan fingerprint density at radius 2 is 2.08 bits per heavy atom. The van der Waals surface area contributed by atoms with Crippen LogP contribution >= 0.6 is 0 Å². The molecule has 7 heteroatoms. The molecule has 128 valence electrons. The summed E-state index contributed by atoms with van der Waals surface area (Å²) in [6.07, 6.45) is -0.482. The first-order valence-corrected chi connectivity index (χ1v) is 7.96. The molecule has 1 aliphatic heterocycles.